The summed E-state index contributed by atoms with van der Waals surface area (Å²) in [5.41, 5.74) is 1.88. The molecule has 2 saturated carbocycles. The number of halogens is 3. The molecule has 0 amide bonds. The first kappa shape index (κ1) is 19.2. The van der Waals surface area contributed by atoms with Crippen LogP contribution in [0.15, 0.2) is 36.4 Å². The Kier molecular flexibility index (Phi) is 5.92. The Labute approximate surface area is 173 Å². The predicted octanol–water partition coefficient (Wildman–Crippen LogP) is 8.26. The molecule has 2 fully saturated rings. The van der Waals surface area contributed by atoms with E-state index in [0.29, 0.717) is 11.5 Å². The van der Waals surface area contributed by atoms with Gasteiger partial charge in [0.1, 0.15) is 0 Å². The SMILES string of the molecule is [2H]c1c(-c2ccc(C3CCC(C4CCC(CC)CC4)CC3)cc2)cc(F)c(F)c1F. The van der Waals surface area contributed by atoms with Gasteiger partial charge in [0.2, 0.25) is 0 Å². The Morgan fingerprint density at radius 1 is 0.793 bits per heavy atom. The fourth-order valence-electron chi connectivity index (χ4n) is 5.59. The predicted molar refractivity (Wildman–Crippen MR) is 112 cm³/mol. The summed E-state index contributed by atoms with van der Waals surface area (Å²) in [5, 5.41) is 0. The quantitative estimate of drug-likeness (QED) is 0.452. The molecule has 0 aliphatic heterocycles. The first-order chi connectivity index (χ1) is 14.5. The first-order valence-electron chi connectivity index (χ1n) is 11.7. The van der Waals surface area contributed by atoms with E-state index < -0.39 is 23.5 Å². The zero-order chi connectivity index (χ0) is 21.3. The van der Waals surface area contributed by atoms with E-state index in [0.717, 1.165) is 23.8 Å². The maximum atomic E-state index is 13.7. The van der Waals surface area contributed by atoms with Crippen molar-refractivity contribution < 1.29 is 14.5 Å². The summed E-state index contributed by atoms with van der Waals surface area (Å²) in [7, 11) is 0. The summed E-state index contributed by atoms with van der Waals surface area (Å²) < 4.78 is 48.5. The van der Waals surface area contributed by atoms with Crippen molar-refractivity contribution in [3.05, 3.63) is 59.4 Å². The van der Waals surface area contributed by atoms with Crippen LogP contribution in [-0.4, -0.2) is 0 Å². The van der Waals surface area contributed by atoms with Crippen LogP contribution in [-0.2, 0) is 0 Å². The second-order valence-electron chi connectivity index (χ2n) is 9.08. The van der Waals surface area contributed by atoms with E-state index in [2.05, 4.69) is 6.92 Å². The Morgan fingerprint density at radius 2 is 1.38 bits per heavy atom. The van der Waals surface area contributed by atoms with Crippen molar-refractivity contribution in [1.29, 1.82) is 0 Å². The van der Waals surface area contributed by atoms with E-state index in [4.69, 9.17) is 1.37 Å². The van der Waals surface area contributed by atoms with Gasteiger partial charge in [-0.3, -0.25) is 0 Å². The minimum atomic E-state index is -1.58. The molecule has 156 valence electrons. The molecule has 2 aliphatic carbocycles. The molecule has 2 aromatic rings. The fraction of sp³-hybridized carbons (Fsp3) is 0.538. The van der Waals surface area contributed by atoms with Gasteiger partial charge in [-0.05, 0) is 91.0 Å². The molecular weight excluding hydrogens is 369 g/mol. The molecular formula is C26H31F3. The maximum Gasteiger partial charge on any atom is 0.194 e. The lowest BCUT2D eigenvalue weighted by Crippen LogP contribution is -2.25. The van der Waals surface area contributed by atoms with Crippen molar-refractivity contribution in [2.75, 3.05) is 0 Å². The fourth-order valence-corrected chi connectivity index (χ4v) is 5.59. The summed E-state index contributed by atoms with van der Waals surface area (Å²) in [5.74, 6) is -1.01. The molecule has 0 N–H and O–H groups in total. The first-order valence-corrected chi connectivity index (χ1v) is 11.2. The molecule has 0 aromatic heterocycles. The summed E-state index contributed by atoms with van der Waals surface area (Å²) in [6.45, 7) is 2.31. The second kappa shape index (κ2) is 8.93. The van der Waals surface area contributed by atoms with Crippen molar-refractivity contribution in [3.63, 3.8) is 0 Å². The van der Waals surface area contributed by atoms with Gasteiger partial charge in [-0.25, -0.2) is 13.2 Å². The Bertz CT molecular complexity index is 861. The monoisotopic (exact) mass is 401 g/mol. The molecule has 0 radical (unpaired) electrons. The Morgan fingerprint density at radius 3 is 1.97 bits per heavy atom. The van der Waals surface area contributed by atoms with Crippen LogP contribution in [0.1, 0.15) is 77.6 Å². The third kappa shape index (κ3) is 4.54. The van der Waals surface area contributed by atoms with Crippen LogP contribution >= 0.6 is 0 Å². The van der Waals surface area contributed by atoms with Gasteiger partial charge in [0.05, 0.1) is 1.37 Å². The van der Waals surface area contributed by atoms with E-state index in [9.17, 15) is 13.2 Å². The van der Waals surface area contributed by atoms with E-state index in [1.165, 1.54) is 63.4 Å². The minimum Gasteiger partial charge on any atom is -0.204 e. The molecule has 0 bridgehead atoms. The van der Waals surface area contributed by atoms with Gasteiger partial charge in [-0.2, -0.15) is 0 Å². The maximum absolute atomic E-state index is 13.7. The standard InChI is InChI=1S/C26H31F3/c1-2-17-3-5-18(6-4-17)19-7-9-20(10-8-19)21-11-13-22(14-12-21)23-15-24(27)26(29)25(28)16-23/h11-20H,2-10H2,1H3/i15D. The topological polar surface area (TPSA) is 0 Å². The zero-order valence-electron chi connectivity index (χ0n) is 18.2. The summed E-state index contributed by atoms with van der Waals surface area (Å²) in [4.78, 5) is 0. The van der Waals surface area contributed by atoms with Crippen molar-refractivity contribution in [1.82, 2.24) is 0 Å². The van der Waals surface area contributed by atoms with Crippen LogP contribution in [0.3, 0.4) is 0 Å². The van der Waals surface area contributed by atoms with E-state index in [1.54, 1.807) is 12.1 Å². The van der Waals surface area contributed by atoms with E-state index >= 15 is 0 Å². The van der Waals surface area contributed by atoms with Gasteiger partial charge in [-0.1, -0.05) is 50.5 Å². The average Bonchev–Trinajstić information content (AvgIpc) is 2.80. The second-order valence-corrected chi connectivity index (χ2v) is 9.08. The van der Waals surface area contributed by atoms with E-state index in [-0.39, 0.29) is 5.56 Å². The van der Waals surface area contributed by atoms with E-state index in [1.807, 2.05) is 12.1 Å². The van der Waals surface area contributed by atoms with Gasteiger partial charge < -0.3 is 0 Å². The van der Waals surface area contributed by atoms with Crippen LogP contribution in [0.2, 0.25) is 0 Å². The summed E-state index contributed by atoms with van der Waals surface area (Å²) >= 11 is 0. The molecule has 0 spiro atoms. The number of hydrogen-bond acceptors (Lipinski definition) is 0. The van der Waals surface area contributed by atoms with Gasteiger partial charge in [0.15, 0.2) is 17.5 Å². The van der Waals surface area contributed by atoms with Gasteiger partial charge in [0, 0.05) is 0 Å². The van der Waals surface area contributed by atoms with Gasteiger partial charge in [0.25, 0.3) is 0 Å². The summed E-state index contributed by atoms with van der Waals surface area (Å²) in [6.07, 6.45) is 11.9. The molecule has 0 unspecified atom stereocenters. The van der Waals surface area contributed by atoms with Gasteiger partial charge in [-0.15, -0.1) is 0 Å². The van der Waals surface area contributed by atoms with Crippen LogP contribution in [0.4, 0.5) is 13.2 Å². The molecule has 0 nitrogen and oxygen atoms in total. The van der Waals surface area contributed by atoms with Crippen LogP contribution < -0.4 is 0 Å². The van der Waals surface area contributed by atoms with Crippen molar-refractivity contribution in [2.24, 2.45) is 17.8 Å². The third-order valence-corrected chi connectivity index (χ3v) is 7.52. The number of rotatable bonds is 4. The lowest BCUT2D eigenvalue weighted by atomic mass is 9.68. The molecule has 29 heavy (non-hydrogen) atoms. The highest BCUT2D eigenvalue weighted by Gasteiger charge is 2.30. The molecule has 0 saturated heterocycles. The number of benzene rings is 2. The highest BCUT2D eigenvalue weighted by molar-refractivity contribution is 5.64. The number of hydrogen-bond donors (Lipinski definition) is 0. The van der Waals surface area contributed by atoms with Crippen LogP contribution in [0.25, 0.3) is 11.1 Å². The lowest BCUT2D eigenvalue weighted by Gasteiger charge is -2.38. The Balaban J connectivity index is 1.39. The molecule has 3 heteroatoms. The third-order valence-electron chi connectivity index (χ3n) is 7.52. The average molecular weight is 402 g/mol. The normalized spacial score (nSPS) is 28.2. The van der Waals surface area contributed by atoms with Gasteiger partial charge >= 0.3 is 0 Å². The lowest BCUT2D eigenvalue weighted by molar-refractivity contribution is 0.158. The smallest absolute Gasteiger partial charge is 0.194 e. The molecule has 2 aliphatic rings. The molecule has 0 atom stereocenters. The highest BCUT2D eigenvalue weighted by Crippen LogP contribution is 2.44. The van der Waals surface area contributed by atoms with Crippen LogP contribution in [0.5, 0.6) is 0 Å². The Hall–Kier alpha value is -1.77. The zero-order valence-corrected chi connectivity index (χ0v) is 17.2. The van der Waals surface area contributed by atoms with Crippen molar-refractivity contribution in [3.8, 4) is 11.1 Å². The highest BCUT2D eigenvalue weighted by atomic mass is 19.2. The van der Waals surface area contributed by atoms with Crippen LogP contribution in [0, 0.1) is 35.2 Å². The summed E-state index contributed by atoms with van der Waals surface area (Å²) in [6, 6.07) is 7.93. The van der Waals surface area contributed by atoms with Crippen molar-refractivity contribution >= 4 is 0 Å². The minimum absolute atomic E-state index is 0.0874. The molecule has 2 aromatic carbocycles. The largest absolute Gasteiger partial charge is 0.204 e. The molecule has 0 heterocycles. The molecule has 4 rings (SSSR count). The van der Waals surface area contributed by atoms with Crippen molar-refractivity contribution in [2.45, 2.75) is 70.6 Å².